The molecule has 0 aliphatic carbocycles. The number of carbonyl (C=O) groups excluding carboxylic acids is 1. The first-order valence-electron chi connectivity index (χ1n) is 11.5. The number of ether oxygens (including phenoxy) is 1. The third-order valence-corrected chi connectivity index (χ3v) is 8.29. The van der Waals surface area contributed by atoms with E-state index < -0.39 is 10.0 Å². The Morgan fingerprint density at radius 2 is 1.76 bits per heavy atom. The topological polar surface area (TPSA) is 75.7 Å². The number of para-hydroxylation sites is 1. The van der Waals surface area contributed by atoms with Crippen molar-refractivity contribution in [3.05, 3.63) is 89.5 Å². The Hall–Kier alpha value is -3.16. The third kappa shape index (κ3) is 5.16. The molecule has 1 fully saturated rings. The Labute approximate surface area is 201 Å². The number of benzene rings is 3. The van der Waals surface area contributed by atoms with Crippen LogP contribution in [0.15, 0.2) is 77.7 Å². The van der Waals surface area contributed by atoms with Crippen molar-refractivity contribution in [3.8, 4) is 5.75 Å². The fraction of sp³-hybridized carbons (Fsp3) is 0.296. The molecule has 0 spiro atoms. The van der Waals surface area contributed by atoms with E-state index in [-0.39, 0.29) is 28.2 Å². The van der Waals surface area contributed by atoms with E-state index in [0.29, 0.717) is 18.7 Å². The molecule has 1 atom stereocenters. The molecular weight excluding hydrogens is 448 g/mol. The molecule has 3 aromatic rings. The lowest BCUT2D eigenvalue weighted by Gasteiger charge is -2.32. The van der Waals surface area contributed by atoms with Gasteiger partial charge in [-0.1, -0.05) is 55.0 Å². The van der Waals surface area contributed by atoms with E-state index in [1.54, 1.807) is 12.1 Å². The molecule has 178 valence electrons. The van der Waals surface area contributed by atoms with Gasteiger partial charge in [0.1, 0.15) is 10.6 Å². The molecule has 4 rings (SSSR count). The first-order valence-corrected chi connectivity index (χ1v) is 13.0. The Morgan fingerprint density at radius 3 is 2.50 bits per heavy atom. The van der Waals surface area contributed by atoms with Crippen LogP contribution in [0.2, 0.25) is 0 Å². The lowest BCUT2D eigenvalue weighted by atomic mass is 10.0. The van der Waals surface area contributed by atoms with Gasteiger partial charge >= 0.3 is 0 Å². The van der Waals surface area contributed by atoms with Crippen molar-refractivity contribution in [2.24, 2.45) is 0 Å². The summed E-state index contributed by atoms with van der Waals surface area (Å²) in [5, 5.41) is 2.96. The van der Waals surface area contributed by atoms with Crippen LogP contribution in [0.4, 0.5) is 5.69 Å². The van der Waals surface area contributed by atoms with Crippen molar-refractivity contribution in [1.29, 1.82) is 0 Å². The molecule has 6 nitrogen and oxygen atoms in total. The molecule has 1 saturated heterocycles. The molecule has 34 heavy (non-hydrogen) atoms. The van der Waals surface area contributed by atoms with Gasteiger partial charge in [-0.25, -0.2) is 8.42 Å². The summed E-state index contributed by atoms with van der Waals surface area (Å²) < 4.78 is 33.8. The van der Waals surface area contributed by atoms with E-state index in [0.717, 1.165) is 30.4 Å². The average molecular weight is 479 g/mol. The summed E-state index contributed by atoms with van der Waals surface area (Å²) in [4.78, 5) is 13.2. The number of piperidine rings is 1. The van der Waals surface area contributed by atoms with E-state index in [4.69, 9.17) is 4.74 Å². The molecule has 0 saturated carbocycles. The monoisotopic (exact) mass is 478 g/mol. The molecular formula is C27H30N2O4S. The maximum absolute atomic E-state index is 13.5. The first-order chi connectivity index (χ1) is 16.4. The molecule has 7 heteroatoms. The SMILES string of the molecule is COc1ccc(C(=O)Nc2ccccc2Cc2ccccc2)cc1S(=O)(=O)N1CCCCC1C. The third-order valence-electron chi connectivity index (χ3n) is 6.26. The first kappa shape index (κ1) is 24.0. The zero-order chi connectivity index (χ0) is 24.1. The van der Waals surface area contributed by atoms with Gasteiger partial charge in [0, 0.05) is 23.8 Å². The fourth-order valence-corrected chi connectivity index (χ4v) is 6.26. The van der Waals surface area contributed by atoms with Crippen molar-refractivity contribution in [2.75, 3.05) is 19.0 Å². The number of hydrogen-bond donors (Lipinski definition) is 1. The summed E-state index contributed by atoms with van der Waals surface area (Å²) >= 11 is 0. The van der Waals surface area contributed by atoms with E-state index in [1.165, 1.54) is 17.5 Å². The number of nitrogens with zero attached hydrogens (tertiary/aromatic N) is 1. The minimum atomic E-state index is -3.80. The molecule has 1 unspecified atom stereocenters. The highest BCUT2D eigenvalue weighted by molar-refractivity contribution is 7.89. The Balaban J connectivity index is 1.62. The maximum Gasteiger partial charge on any atom is 0.255 e. The van der Waals surface area contributed by atoms with Gasteiger partial charge in [0.15, 0.2) is 0 Å². The molecule has 1 amide bonds. The molecule has 1 aliphatic heterocycles. The van der Waals surface area contributed by atoms with Crippen molar-refractivity contribution < 1.29 is 17.9 Å². The molecule has 1 N–H and O–H groups in total. The van der Waals surface area contributed by atoms with Gasteiger partial charge in [0.05, 0.1) is 7.11 Å². The Bertz CT molecular complexity index is 1260. The second-order valence-corrected chi connectivity index (χ2v) is 10.5. The number of carbonyl (C=O) groups is 1. The van der Waals surface area contributed by atoms with Gasteiger partial charge in [-0.05, 0) is 61.6 Å². The summed E-state index contributed by atoms with van der Waals surface area (Å²) in [6.07, 6.45) is 3.33. The molecule has 0 radical (unpaired) electrons. The number of hydrogen-bond acceptors (Lipinski definition) is 4. The molecule has 0 aromatic heterocycles. The lowest BCUT2D eigenvalue weighted by molar-refractivity contribution is 0.102. The van der Waals surface area contributed by atoms with E-state index in [9.17, 15) is 13.2 Å². The van der Waals surface area contributed by atoms with Gasteiger partial charge in [-0.15, -0.1) is 0 Å². The zero-order valence-corrected chi connectivity index (χ0v) is 20.3. The highest BCUT2D eigenvalue weighted by Crippen LogP contribution is 2.32. The van der Waals surface area contributed by atoms with Crippen molar-refractivity contribution in [3.63, 3.8) is 0 Å². The lowest BCUT2D eigenvalue weighted by Crippen LogP contribution is -2.42. The number of anilines is 1. The average Bonchev–Trinajstić information content (AvgIpc) is 2.85. The number of methoxy groups -OCH3 is 1. The van der Waals surface area contributed by atoms with Crippen LogP contribution in [0.3, 0.4) is 0 Å². The standard InChI is InChI=1S/C27H30N2O4S/c1-20-10-8-9-17-29(20)34(31,32)26-19-23(15-16-25(26)33-2)27(30)28-24-14-7-6-13-22(24)18-21-11-4-3-5-12-21/h3-7,11-16,19-20H,8-10,17-18H2,1-2H3,(H,28,30). The van der Waals surface area contributed by atoms with Crippen LogP contribution in [0, 0.1) is 0 Å². The smallest absolute Gasteiger partial charge is 0.255 e. The Morgan fingerprint density at radius 1 is 1.03 bits per heavy atom. The summed E-state index contributed by atoms with van der Waals surface area (Å²) in [5.41, 5.74) is 3.07. The molecule has 1 aliphatic rings. The van der Waals surface area contributed by atoms with Crippen LogP contribution in [-0.2, 0) is 16.4 Å². The summed E-state index contributed by atoms with van der Waals surface area (Å²) in [7, 11) is -2.37. The van der Waals surface area contributed by atoms with Crippen LogP contribution in [-0.4, -0.2) is 38.3 Å². The van der Waals surface area contributed by atoms with E-state index in [1.807, 2.05) is 61.5 Å². The number of rotatable bonds is 7. The molecule has 0 bridgehead atoms. The quantitative estimate of drug-likeness (QED) is 0.513. The summed E-state index contributed by atoms with van der Waals surface area (Å²) in [6, 6.07) is 22.1. The highest BCUT2D eigenvalue weighted by Gasteiger charge is 2.33. The largest absolute Gasteiger partial charge is 0.495 e. The van der Waals surface area contributed by atoms with E-state index >= 15 is 0 Å². The van der Waals surface area contributed by atoms with Gasteiger partial charge < -0.3 is 10.1 Å². The maximum atomic E-state index is 13.5. The minimum absolute atomic E-state index is 0.0222. The summed E-state index contributed by atoms with van der Waals surface area (Å²) in [5.74, 6) is -0.134. The van der Waals surface area contributed by atoms with Crippen LogP contribution >= 0.6 is 0 Å². The van der Waals surface area contributed by atoms with E-state index in [2.05, 4.69) is 5.32 Å². The summed E-state index contributed by atoms with van der Waals surface area (Å²) in [6.45, 7) is 2.39. The normalized spacial score (nSPS) is 16.7. The van der Waals surface area contributed by atoms with Gasteiger partial charge in [-0.3, -0.25) is 4.79 Å². The van der Waals surface area contributed by atoms with Gasteiger partial charge in [-0.2, -0.15) is 4.31 Å². The number of amides is 1. The predicted molar refractivity (Wildman–Crippen MR) is 134 cm³/mol. The van der Waals surface area contributed by atoms with Gasteiger partial charge in [0.2, 0.25) is 10.0 Å². The highest BCUT2D eigenvalue weighted by atomic mass is 32.2. The van der Waals surface area contributed by atoms with Gasteiger partial charge in [0.25, 0.3) is 5.91 Å². The van der Waals surface area contributed by atoms with Crippen molar-refractivity contribution in [2.45, 2.75) is 43.5 Å². The fourth-order valence-electron chi connectivity index (χ4n) is 4.38. The minimum Gasteiger partial charge on any atom is -0.495 e. The van der Waals surface area contributed by atoms with Crippen LogP contribution in [0.25, 0.3) is 0 Å². The second kappa shape index (κ2) is 10.4. The molecule has 3 aromatic carbocycles. The molecule has 1 heterocycles. The number of nitrogens with one attached hydrogen (secondary N) is 1. The van der Waals surface area contributed by atoms with Crippen molar-refractivity contribution in [1.82, 2.24) is 4.31 Å². The van der Waals surface area contributed by atoms with Crippen molar-refractivity contribution >= 4 is 21.6 Å². The van der Waals surface area contributed by atoms with Crippen LogP contribution in [0.5, 0.6) is 5.75 Å². The second-order valence-electron chi connectivity index (χ2n) is 8.60. The predicted octanol–water partition coefficient (Wildman–Crippen LogP) is 5.10. The zero-order valence-electron chi connectivity index (χ0n) is 19.5. The Kier molecular flexibility index (Phi) is 7.34. The van der Waals surface area contributed by atoms with Crippen LogP contribution < -0.4 is 10.1 Å². The van der Waals surface area contributed by atoms with Crippen LogP contribution in [0.1, 0.15) is 47.7 Å². The number of sulfonamides is 1.